The molecule has 1 aliphatic heterocycles. The predicted octanol–water partition coefficient (Wildman–Crippen LogP) is 1.35. The second-order valence-corrected chi connectivity index (χ2v) is 7.25. The Morgan fingerprint density at radius 1 is 1.42 bits per heavy atom. The van der Waals surface area contributed by atoms with Crippen molar-refractivity contribution in [3.05, 3.63) is 28.8 Å². The van der Waals surface area contributed by atoms with Crippen molar-refractivity contribution in [2.45, 2.75) is 18.9 Å². The average molecular weight is 304 g/mol. The standard InChI is InChI=1S/C12H14ClNO4S/c13-8-3-4-11(15)10(6-8)12(16)14-9-2-1-5-19(17,18)7-9/h3-4,6,9,15H,1-2,5,7H2,(H,14,16). The molecule has 1 saturated heterocycles. The lowest BCUT2D eigenvalue weighted by Crippen LogP contribution is -2.43. The summed E-state index contributed by atoms with van der Waals surface area (Å²) < 4.78 is 23.0. The van der Waals surface area contributed by atoms with Crippen molar-refractivity contribution < 1.29 is 18.3 Å². The number of phenols is 1. The van der Waals surface area contributed by atoms with Gasteiger partial charge in [0, 0.05) is 11.1 Å². The van der Waals surface area contributed by atoms with Gasteiger partial charge < -0.3 is 10.4 Å². The summed E-state index contributed by atoms with van der Waals surface area (Å²) in [5.41, 5.74) is 0.0514. The summed E-state index contributed by atoms with van der Waals surface area (Å²) in [5.74, 6) is -0.579. The van der Waals surface area contributed by atoms with Gasteiger partial charge in [0.05, 0.1) is 17.1 Å². The van der Waals surface area contributed by atoms with Crippen molar-refractivity contribution in [2.75, 3.05) is 11.5 Å². The Hall–Kier alpha value is -1.27. The van der Waals surface area contributed by atoms with E-state index in [1.807, 2.05) is 0 Å². The fourth-order valence-electron chi connectivity index (χ4n) is 2.09. The Balaban J connectivity index is 2.11. The van der Waals surface area contributed by atoms with Crippen LogP contribution in [0.1, 0.15) is 23.2 Å². The maximum absolute atomic E-state index is 12.0. The molecule has 1 amide bonds. The van der Waals surface area contributed by atoms with Crippen LogP contribution in [0.4, 0.5) is 0 Å². The van der Waals surface area contributed by atoms with Gasteiger partial charge in [0.1, 0.15) is 5.75 Å². The van der Waals surface area contributed by atoms with E-state index in [-0.39, 0.29) is 22.8 Å². The molecule has 1 fully saturated rings. The summed E-state index contributed by atoms with van der Waals surface area (Å²) in [4.78, 5) is 12.0. The van der Waals surface area contributed by atoms with Crippen molar-refractivity contribution >= 4 is 27.3 Å². The zero-order valence-electron chi connectivity index (χ0n) is 10.1. The highest BCUT2D eigenvalue weighted by molar-refractivity contribution is 7.91. The summed E-state index contributed by atoms with van der Waals surface area (Å²) in [6, 6.07) is 3.74. The highest BCUT2D eigenvalue weighted by Crippen LogP contribution is 2.22. The third-order valence-corrected chi connectivity index (χ3v) is 5.06. The molecular weight excluding hydrogens is 290 g/mol. The van der Waals surface area contributed by atoms with Crippen LogP contribution in [0.15, 0.2) is 18.2 Å². The molecule has 0 aromatic heterocycles. The van der Waals surface area contributed by atoms with Gasteiger partial charge in [-0.25, -0.2) is 8.42 Å². The topological polar surface area (TPSA) is 83.5 Å². The number of sulfone groups is 1. The smallest absolute Gasteiger partial charge is 0.255 e. The van der Waals surface area contributed by atoms with E-state index >= 15 is 0 Å². The molecule has 1 heterocycles. The fraction of sp³-hybridized carbons (Fsp3) is 0.417. The molecule has 1 aromatic rings. The number of aromatic hydroxyl groups is 1. The van der Waals surface area contributed by atoms with Crippen molar-refractivity contribution in [2.24, 2.45) is 0 Å². The third-order valence-electron chi connectivity index (χ3n) is 3.00. The van der Waals surface area contributed by atoms with Crippen molar-refractivity contribution in [3.8, 4) is 5.75 Å². The fourth-order valence-corrected chi connectivity index (χ4v) is 3.90. The largest absolute Gasteiger partial charge is 0.507 e. The Bertz CT molecular complexity index is 600. The van der Waals surface area contributed by atoms with Gasteiger partial charge in [0.25, 0.3) is 5.91 Å². The number of carbonyl (C=O) groups excluding carboxylic acids is 1. The minimum Gasteiger partial charge on any atom is -0.507 e. The van der Waals surface area contributed by atoms with Crippen molar-refractivity contribution in [1.82, 2.24) is 5.32 Å². The number of rotatable bonds is 2. The van der Waals surface area contributed by atoms with Crippen LogP contribution in [0.5, 0.6) is 5.75 Å². The molecule has 5 nitrogen and oxygen atoms in total. The number of benzene rings is 1. The van der Waals surface area contributed by atoms with Gasteiger partial charge >= 0.3 is 0 Å². The molecule has 0 saturated carbocycles. The average Bonchev–Trinajstić information content (AvgIpc) is 2.31. The Labute approximate surface area is 116 Å². The number of phenolic OH excluding ortho intramolecular Hbond substituents is 1. The van der Waals surface area contributed by atoms with E-state index in [0.29, 0.717) is 17.9 Å². The van der Waals surface area contributed by atoms with Gasteiger partial charge in [-0.1, -0.05) is 11.6 Å². The normalized spacial score (nSPS) is 21.8. The van der Waals surface area contributed by atoms with Gasteiger partial charge in [-0.15, -0.1) is 0 Å². The Morgan fingerprint density at radius 2 is 2.16 bits per heavy atom. The molecule has 7 heteroatoms. The van der Waals surface area contributed by atoms with E-state index in [1.165, 1.54) is 18.2 Å². The van der Waals surface area contributed by atoms with E-state index < -0.39 is 21.8 Å². The molecule has 1 aliphatic rings. The number of carbonyl (C=O) groups is 1. The number of halogens is 1. The highest BCUT2D eigenvalue weighted by atomic mass is 35.5. The van der Waals surface area contributed by atoms with Gasteiger partial charge in [0.2, 0.25) is 0 Å². The van der Waals surface area contributed by atoms with E-state index in [4.69, 9.17) is 11.6 Å². The van der Waals surface area contributed by atoms with E-state index in [9.17, 15) is 18.3 Å². The summed E-state index contributed by atoms with van der Waals surface area (Å²) in [5, 5.41) is 12.6. The van der Waals surface area contributed by atoms with E-state index in [2.05, 4.69) is 5.32 Å². The van der Waals surface area contributed by atoms with E-state index in [0.717, 1.165) is 0 Å². The Morgan fingerprint density at radius 3 is 2.84 bits per heavy atom. The van der Waals surface area contributed by atoms with Crippen LogP contribution in [0.3, 0.4) is 0 Å². The lowest BCUT2D eigenvalue weighted by atomic mass is 10.1. The molecule has 0 aliphatic carbocycles. The maximum Gasteiger partial charge on any atom is 0.255 e. The number of amides is 1. The minimum atomic E-state index is -3.08. The van der Waals surface area contributed by atoms with Crippen molar-refractivity contribution in [1.29, 1.82) is 0 Å². The number of hydrogen-bond acceptors (Lipinski definition) is 4. The lowest BCUT2D eigenvalue weighted by molar-refractivity contribution is 0.0935. The second kappa shape index (κ2) is 5.38. The quantitative estimate of drug-likeness (QED) is 0.864. The summed E-state index contributed by atoms with van der Waals surface area (Å²) >= 11 is 5.76. The predicted molar refractivity (Wildman–Crippen MR) is 72.3 cm³/mol. The lowest BCUT2D eigenvalue weighted by Gasteiger charge is -2.23. The minimum absolute atomic E-state index is 0.0514. The van der Waals surface area contributed by atoms with Crippen LogP contribution in [-0.2, 0) is 9.84 Å². The number of hydrogen-bond donors (Lipinski definition) is 2. The number of nitrogens with one attached hydrogen (secondary N) is 1. The first-order chi connectivity index (χ1) is 8.87. The van der Waals surface area contributed by atoms with E-state index in [1.54, 1.807) is 0 Å². The molecule has 0 bridgehead atoms. The van der Waals surface area contributed by atoms with Gasteiger partial charge in [-0.05, 0) is 31.0 Å². The second-order valence-electron chi connectivity index (χ2n) is 4.59. The zero-order valence-corrected chi connectivity index (χ0v) is 11.7. The molecular formula is C12H14ClNO4S. The highest BCUT2D eigenvalue weighted by Gasteiger charge is 2.26. The molecule has 1 atom stereocenters. The molecule has 2 N–H and O–H groups in total. The molecule has 1 aromatic carbocycles. The third kappa shape index (κ3) is 3.61. The van der Waals surface area contributed by atoms with Crippen LogP contribution >= 0.6 is 11.6 Å². The van der Waals surface area contributed by atoms with Gasteiger partial charge in [-0.2, -0.15) is 0 Å². The monoisotopic (exact) mass is 303 g/mol. The van der Waals surface area contributed by atoms with Gasteiger partial charge in [-0.3, -0.25) is 4.79 Å². The zero-order chi connectivity index (χ0) is 14.0. The van der Waals surface area contributed by atoms with Crippen LogP contribution in [0.25, 0.3) is 0 Å². The molecule has 2 rings (SSSR count). The first-order valence-electron chi connectivity index (χ1n) is 5.87. The van der Waals surface area contributed by atoms with Crippen LogP contribution in [0.2, 0.25) is 5.02 Å². The summed E-state index contributed by atoms with van der Waals surface area (Å²) in [6.45, 7) is 0. The van der Waals surface area contributed by atoms with Crippen LogP contribution in [0, 0.1) is 0 Å². The molecule has 19 heavy (non-hydrogen) atoms. The SMILES string of the molecule is O=C(NC1CCCS(=O)(=O)C1)c1cc(Cl)ccc1O. The summed E-state index contributed by atoms with van der Waals surface area (Å²) in [7, 11) is -3.08. The summed E-state index contributed by atoms with van der Waals surface area (Å²) in [6.07, 6.45) is 1.15. The van der Waals surface area contributed by atoms with Crippen molar-refractivity contribution in [3.63, 3.8) is 0 Å². The first kappa shape index (κ1) is 14.1. The maximum atomic E-state index is 12.0. The molecule has 1 unspecified atom stereocenters. The van der Waals surface area contributed by atoms with Crippen LogP contribution in [-0.4, -0.2) is 37.0 Å². The van der Waals surface area contributed by atoms with Crippen LogP contribution < -0.4 is 5.32 Å². The molecule has 104 valence electrons. The first-order valence-corrected chi connectivity index (χ1v) is 8.07. The Kier molecular flexibility index (Phi) is 4.01. The molecule has 0 radical (unpaired) electrons. The molecule has 0 spiro atoms. The van der Waals surface area contributed by atoms with Gasteiger partial charge in [0.15, 0.2) is 9.84 Å².